The zero-order chi connectivity index (χ0) is 19.8. The standard InChI is InChI=1S/C22H24N4O2/c1-26(14-11-17-9-12-23-13-10-17)22(27)21-8-5-19(16-25-21)24-15-18-3-6-20(28-2)7-4-18/h3-10,12-13,16,24H,11,14-15H2,1-2H3. The average Bonchev–Trinajstić information content (AvgIpc) is 2.77. The highest BCUT2D eigenvalue weighted by atomic mass is 16.5. The van der Waals surface area contributed by atoms with Crippen molar-refractivity contribution in [1.29, 1.82) is 0 Å². The molecule has 2 heterocycles. The molecule has 3 rings (SSSR count). The van der Waals surface area contributed by atoms with E-state index in [9.17, 15) is 4.79 Å². The number of methoxy groups -OCH3 is 1. The Labute approximate surface area is 165 Å². The summed E-state index contributed by atoms with van der Waals surface area (Å²) in [5.74, 6) is 0.747. The van der Waals surface area contributed by atoms with Crippen LogP contribution in [0.15, 0.2) is 67.1 Å². The van der Waals surface area contributed by atoms with Gasteiger partial charge in [0.2, 0.25) is 0 Å². The highest BCUT2D eigenvalue weighted by Gasteiger charge is 2.13. The molecule has 0 aliphatic heterocycles. The molecule has 0 aliphatic carbocycles. The van der Waals surface area contributed by atoms with Crippen LogP contribution in [0.25, 0.3) is 0 Å². The molecular weight excluding hydrogens is 352 g/mol. The minimum atomic E-state index is -0.0873. The van der Waals surface area contributed by atoms with Crippen LogP contribution in [-0.4, -0.2) is 41.5 Å². The number of likely N-dealkylation sites (N-methyl/N-ethyl adjacent to an activating group) is 1. The second-order valence-corrected chi connectivity index (χ2v) is 6.47. The fourth-order valence-electron chi connectivity index (χ4n) is 2.72. The first-order valence-corrected chi connectivity index (χ1v) is 9.13. The van der Waals surface area contributed by atoms with Crippen LogP contribution in [0.1, 0.15) is 21.6 Å². The largest absolute Gasteiger partial charge is 0.497 e. The smallest absolute Gasteiger partial charge is 0.272 e. The molecule has 144 valence electrons. The fraction of sp³-hybridized carbons (Fsp3) is 0.227. The van der Waals surface area contributed by atoms with Gasteiger partial charge in [0.05, 0.1) is 19.0 Å². The Hall–Kier alpha value is -3.41. The summed E-state index contributed by atoms with van der Waals surface area (Å²) in [7, 11) is 3.44. The molecule has 0 fully saturated rings. The van der Waals surface area contributed by atoms with Crippen LogP contribution < -0.4 is 10.1 Å². The molecule has 1 aromatic carbocycles. The van der Waals surface area contributed by atoms with Crippen LogP contribution in [-0.2, 0) is 13.0 Å². The number of carbonyl (C=O) groups is 1. The highest BCUT2D eigenvalue weighted by molar-refractivity contribution is 5.92. The molecule has 1 N–H and O–H groups in total. The van der Waals surface area contributed by atoms with Crippen LogP contribution in [0.2, 0.25) is 0 Å². The molecule has 28 heavy (non-hydrogen) atoms. The van der Waals surface area contributed by atoms with Crippen LogP contribution in [0.5, 0.6) is 5.75 Å². The molecule has 0 radical (unpaired) electrons. The molecule has 0 bridgehead atoms. The number of nitrogens with one attached hydrogen (secondary N) is 1. The number of pyridine rings is 2. The van der Waals surface area contributed by atoms with Crippen molar-refractivity contribution in [2.75, 3.05) is 26.0 Å². The first-order chi connectivity index (χ1) is 13.7. The number of rotatable bonds is 8. The van der Waals surface area contributed by atoms with E-state index < -0.39 is 0 Å². The average molecular weight is 376 g/mol. The number of hydrogen-bond acceptors (Lipinski definition) is 5. The van der Waals surface area contributed by atoms with Gasteiger partial charge < -0.3 is 15.0 Å². The molecule has 1 amide bonds. The van der Waals surface area contributed by atoms with Gasteiger partial charge in [-0.3, -0.25) is 9.78 Å². The van der Waals surface area contributed by atoms with E-state index in [4.69, 9.17) is 4.74 Å². The monoisotopic (exact) mass is 376 g/mol. The number of carbonyl (C=O) groups excluding carboxylic acids is 1. The van der Waals surface area contributed by atoms with Gasteiger partial charge in [0, 0.05) is 32.5 Å². The first kappa shape index (κ1) is 19.4. The highest BCUT2D eigenvalue weighted by Crippen LogP contribution is 2.14. The van der Waals surface area contributed by atoms with E-state index in [0.29, 0.717) is 18.8 Å². The summed E-state index contributed by atoms with van der Waals surface area (Å²) in [5, 5.41) is 3.31. The molecular formula is C22H24N4O2. The molecule has 3 aromatic rings. The van der Waals surface area contributed by atoms with Crippen molar-refractivity contribution in [2.24, 2.45) is 0 Å². The normalized spacial score (nSPS) is 10.4. The van der Waals surface area contributed by atoms with Gasteiger partial charge in [-0.15, -0.1) is 0 Å². The number of amides is 1. The second-order valence-electron chi connectivity index (χ2n) is 6.47. The fourth-order valence-corrected chi connectivity index (χ4v) is 2.72. The van der Waals surface area contributed by atoms with E-state index in [2.05, 4.69) is 15.3 Å². The van der Waals surface area contributed by atoms with E-state index >= 15 is 0 Å². The maximum atomic E-state index is 12.5. The summed E-state index contributed by atoms with van der Waals surface area (Å²) in [6, 6.07) is 15.4. The lowest BCUT2D eigenvalue weighted by atomic mass is 10.2. The van der Waals surface area contributed by atoms with Crippen LogP contribution in [0.4, 0.5) is 5.69 Å². The van der Waals surface area contributed by atoms with Gasteiger partial charge in [-0.2, -0.15) is 0 Å². The van der Waals surface area contributed by atoms with Crippen molar-refractivity contribution in [1.82, 2.24) is 14.9 Å². The Balaban J connectivity index is 1.51. The van der Waals surface area contributed by atoms with Crippen molar-refractivity contribution in [3.8, 4) is 5.75 Å². The third-order valence-electron chi connectivity index (χ3n) is 4.47. The van der Waals surface area contributed by atoms with Gasteiger partial charge in [-0.25, -0.2) is 4.98 Å². The lowest BCUT2D eigenvalue weighted by molar-refractivity contribution is 0.0791. The maximum absolute atomic E-state index is 12.5. The molecule has 0 saturated heterocycles. The summed E-state index contributed by atoms with van der Waals surface area (Å²) in [4.78, 5) is 22.5. The lowest BCUT2D eigenvalue weighted by Gasteiger charge is -2.17. The van der Waals surface area contributed by atoms with Gasteiger partial charge in [0.15, 0.2) is 0 Å². The zero-order valence-electron chi connectivity index (χ0n) is 16.1. The number of ether oxygens (including phenoxy) is 1. The van der Waals surface area contributed by atoms with Crippen molar-refractivity contribution >= 4 is 11.6 Å². The van der Waals surface area contributed by atoms with E-state index in [1.54, 1.807) is 43.7 Å². The van der Waals surface area contributed by atoms with Gasteiger partial charge in [0.1, 0.15) is 11.4 Å². The molecule has 6 heteroatoms. The molecule has 0 aliphatic rings. The molecule has 6 nitrogen and oxygen atoms in total. The van der Waals surface area contributed by atoms with Gasteiger partial charge >= 0.3 is 0 Å². The Morgan fingerprint density at radius 1 is 1.04 bits per heavy atom. The Bertz CT molecular complexity index is 881. The molecule has 0 atom stereocenters. The predicted molar refractivity (Wildman–Crippen MR) is 109 cm³/mol. The number of anilines is 1. The topological polar surface area (TPSA) is 67.3 Å². The number of nitrogens with zero attached hydrogens (tertiary/aromatic N) is 3. The second kappa shape index (κ2) is 9.50. The third kappa shape index (κ3) is 5.30. The van der Waals surface area contributed by atoms with Gasteiger partial charge in [-0.1, -0.05) is 12.1 Å². The van der Waals surface area contributed by atoms with Crippen molar-refractivity contribution in [3.63, 3.8) is 0 Å². The van der Waals surface area contributed by atoms with Crippen molar-refractivity contribution in [2.45, 2.75) is 13.0 Å². The van der Waals surface area contributed by atoms with E-state index in [1.165, 1.54) is 0 Å². The van der Waals surface area contributed by atoms with E-state index in [-0.39, 0.29) is 5.91 Å². The van der Waals surface area contributed by atoms with Crippen LogP contribution in [0, 0.1) is 0 Å². The minimum absolute atomic E-state index is 0.0873. The third-order valence-corrected chi connectivity index (χ3v) is 4.47. The zero-order valence-corrected chi connectivity index (χ0v) is 16.1. The lowest BCUT2D eigenvalue weighted by Crippen LogP contribution is -2.29. The minimum Gasteiger partial charge on any atom is -0.497 e. The van der Waals surface area contributed by atoms with E-state index in [1.807, 2.05) is 42.5 Å². The van der Waals surface area contributed by atoms with Crippen LogP contribution >= 0.6 is 0 Å². The summed E-state index contributed by atoms with van der Waals surface area (Å²) in [5.41, 5.74) is 3.59. The van der Waals surface area contributed by atoms with Crippen LogP contribution in [0.3, 0.4) is 0 Å². The molecule has 0 spiro atoms. The Morgan fingerprint density at radius 3 is 2.43 bits per heavy atom. The van der Waals surface area contributed by atoms with Gasteiger partial charge in [-0.05, 0) is 53.9 Å². The summed E-state index contributed by atoms with van der Waals surface area (Å²) < 4.78 is 5.16. The summed E-state index contributed by atoms with van der Waals surface area (Å²) in [6.45, 7) is 1.30. The van der Waals surface area contributed by atoms with Crippen molar-refractivity contribution in [3.05, 3.63) is 83.9 Å². The summed E-state index contributed by atoms with van der Waals surface area (Å²) >= 11 is 0. The Morgan fingerprint density at radius 2 is 1.79 bits per heavy atom. The SMILES string of the molecule is COc1ccc(CNc2ccc(C(=O)N(C)CCc3ccncc3)nc2)cc1. The Kier molecular flexibility index (Phi) is 6.57. The molecule has 2 aromatic heterocycles. The number of benzene rings is 1. The molecule has 0 unspecified atom stereocenters. The number of hydrogen-bond donors (Lipinski definition) is 1. The number of aromatic nitrogens is 2. The predicted octanol–water partition coefficient (Wildman–Crippen LogP) is 3.41. The van der Waals surface area contributed by atoms with E-state index in [0.717, 1.165) is 29.0 Å². The quantitative estimate of drug-likeness (QED) is 0.653. The first-order valence-electron chi connectivity index (χ1n) is 9.13. The summed E-state index contributed by atoms with van der Waals surface area (Å²) in [6.07, 6.45) is 5.99. The van der Waals surface area contributed by atoms with Crippen molar-refractivity contribution < 1.29 is 9.53 Å². The van der Waals surface area contributed by atoms with Gasteiger partial charge in [0.25, 0.3) is 5.91 Å². The maximum Gasteiger partial charge on any atom is 0.272 e. The molecule has 0 saturated carbocycles.